The largest absolute Gasteiger partial charge is 0.478 e. The number of benzene rings is 1. The molecule has 0 amide bonds. The molecule has 0 spiro atoms. The molecule has 3 heteroatoms. The van der Waals surface area contributed by atoms with Gasteiger partial charge in [0, 0.05) is 0 Å². The molecule has 1 aliphatic heterocycles. The van der Waals surface area contributed by atoms with Gasteiger partial charge < -0.3 is 9.47 Å². The summed E-state index contributed by atoms with van der Waals surface area (Å²) < 4.78 is 10.2. The first-order chi connectivity index (χ1) is 7.20. The molecule has 1 unspecified atom stereocenters. The molecule has 0 N–H and O–H groups in total. The molecule has 1 aliphatic rings. The Balaban J connectivity index is 2.20. The Kier molecular flexibility index (Phi) is 2.62. The van der Waals surface area contributed by atoms with Crippen LogP contribution in [-0.4, -0.2) is 19.2 Å². The minimum absolute atomic E-state index is 0.291. The molecule has 0 saturated carbocycles. The standard InChI is InChI=1S/C12H14O3/c1-8-3-5-10-9(7-8)4-6-11(15-10)12(13)14-2/h3,5,7,11H,4,6H2,1-2H3. The highest BCUT2D eigenvalue weighted by Gasteiger charge is 2.26. The molecule has 0 aliphatic carbocycles. The zero-order valence-corrected chi connectivity index (χ0v) is 8.95. The maximum atomic E-state index is 11.3. The molecule has 1 heterocycles. The number of fused-ring (bicyclic) bond motifs is 1. The van der Waals surface area contributed by atoms with Crippen LogP contribution in [-0.2, 0) is 16.0 Å². The van der Waals surface area contributed by atoms with E-state index in [2.05, 4.69) is 10.8 Å². The van der Waals surface area contributed by atoms with Crippen molar-refractivity contribution < 1.29 is 14.3 Å². The van der Waals surface area contributed by atoms with Gasteiger partial charge in [0.05, 0.1) is 7.11 Å². The van der Waals surface area contributed by atoms with Gasteiger partial charge in [0.1, 0.15) is 5.75 Å². The lowest BCUT2D eigenvalue weighted by atomic mass is 10.0. The highest BCUT2D eigenvalue weighted by Crippen LogP contribution is 2.28. The highest BCUT2D eigenvalue weighted by atomic mass is 16.6. The van der Waals surface area contributed by atoms with E-state index in [1.165, 1.54) is 18.2 Å². The lowest BCUT2D eigenvalue weighted by Crippen LogP contribution is -2.32. The van der Waals surface area contributed by atoms with Gasteiger partial charge in [-0.25, -0.2) is 4.79 Å². The van der Waals surface area contributed by atoms with E-state index < -0.39 is 6.10 Å². The second-order valence-electron chi connectivity index (χ2n) is 3.78. The van der Waals surface area contributed by atoms with Gasteiger partial charge in [-0.05, 0) is 31.4 Å². The molecule has 0 radical (unpaired) electrons. The van der Waals surface area contributed by atoms with Crippen LogP contribution in [0.2, 0.25) is 0 Å². The van der Waals surface area contributed by atoms with E-state index >= 15 is 0 Å². The molecule has 1 atom stereocenters. The average molecular weight is 206 g/mol. The Morgan fingerprint density at radius 1 is 1.53 bits per heavy atom. The summed E-state index contributed by atoms with van der Waals surface area (Å²) in [5, 5.41) is 0. The van der Waals surface area contributed by atoms with Crippen LogP contribution in [0.4, 0.5) is 0 Å². The molecule has 0 bridgehead atoms. The van der Waals surface area contributed by atoms with E-state index in [1.807, 2.05) is 19.1 Å². The predicted octanol–water partition coefficient (Wildman–Crippen LogP) is 1.86. The quantitative estimate of drug-likeness (QED) is 0.658. The molecule has 2 rings (SSSR count). The summed E-state index contributed by atoms with van der Waals surface area (Å²) in [7, 11) is 1.39. The second-order valence-corrected chi connectivity index (χ2v) is 3.78. The molecule has 1 aromatic carbocycles. The third kappa shape index (κ3) is 1.96. The summed E-state index contributed by atoms with van der Waals surface area (Å²) >= 11 is 0. The van der Waals surface area contributed by atoms with Gasteiger partial charge >= 0.3 is 5.97 Å². The van der Waals surface area contributed by atoms with Crippen molar-refractivity contribution in [3.63, 3.8) is 0 Å². The molecule has 0 saturated heterocycles. The van der Waals surface area contributed by atoms with Gasteiger partial charge in [0.25, 0.3) is 0 Å². The molecule has 3 nitrogen and oxygen atoms in total. The van der Waals surface area contributed by atoms with Crippen LogP contribution >= 0.6 is 0 Å². The van der Waals surface area contributed by atoms with Gasteiger partial charge in [-0.2, -0.15) is 0 Å². The second kappa shape index (κ2) is 3.93. The fourth-order valence-electron chi connectivity index (χ4n) is 1.81. The maximum absolute atomic E-state index is 11.3. The summed E-state index contributed by atoms with van der Waals surface area (Å²) in [5.74, 6) is 0.517. The number of carbonyl (C=O) groups is 1. The third-order valence-electron chi connectivity index (χ3n) is 2.63. The summed E-state index contributed by atoms with van der Waals surface area (Å²) in [6.07, 6.45) is 1.13. The van der Waals surface area contributed by atoms with E-state index in [1.54, 1.807) is 0 Å². The van der Waals surface area contributed by atoms with Crippen molar-refractivity contribution in [1.29, 1.82) is 0 Å². The van der Waals surface area contributed by atoms with E-state index in [-0.39, 0.29) is 5.97 Å². The van der Waals surface area contributed by atoms with Gasteiger partial charge in [0.15, 0.2) is 6.10 Å². The van der Waals surface area contributed by atoms with Crippen molar-refractivity contribution in [3.05, 3.63) is 29.3 Å². The van der Waals surface area contributed by atoms with Gasteiger partial charge in [-0.15, -0.1) is 0 Å². The lowest BCUT2D eigenvalue weighted by molar-refractivity contribution is -0.149. The lowest BCUT2D eigenvalue weighted by Gasteiger charge is -2.24. The number of methoxy groups -OCH3 is 1. The maximum Gasteiger partial charge on any atom is 0.347 e. The molecular formula is C12H14O3. The van der Waals surface area contributed by atoms with Crippen LogP contribution in [0, 0.1) is 6.92 Å². The number of ether oxygens (including phenoxy) is 2. The topological polar surface area (TPSA) is 35.5 Å². The zero-order chi connectivity index (χ0) is 10.8. The number of hydrogen-bond donors (Lipinski definition) is 0. The minimum Gasteiger partial charge on any atom is -0.478 e. The van der Waals surface area contributed by atoms with Crippen LogP contribution < -0.4 is 4.74 Å². The summed E-state index contributed by atoms with van der Waals surface area (Å²) in [5.41, 5.74) is 2.39. The Bertz CT molecular complexity index is 384. The smallest absolute Gasteiger partial charge is 0.347 e. The van der Waals surface area contributed by atoms with Crippen molar-refractivity contribution in [2.24, 2.45) is 0 Å². The Morgan fingerprint density at radius 2 is 2.33 bits per heavy atom. The highest BCUT2D eigenvalue weighted by molar-refractivity contribution is 5.75. The van der Waals surface area contributed by atoms with Crippen molar-refractivity contribution >= 4 is 5.97 Å². The molecule has 0 aromatic heterocycles. The number of esters is 1. The first-order valence-corrected chi connectivity index (χ1v) is 5.04. The molecule has 0 fully saturated rings. The normalized spacial score (nSPS) is 18.9. The molecule has 15 heavy (non-hydrogen) atoms. The first kappa shape index (κ1) is 10.0. The fraction of sp³-hybridized carbons (Fsp3) is 0.417. The van der Waals surface area contributed by atoms with Crippen LogP contribution in [0.3, 0.4) is 0 Å². The summed E-state index contributed by atoms with van der Waals surface area (Å²) in [4.78, 5) is 11.3. The monoisotopic (exact) mass is 206 g/mol. The van der Waals surface area contributed by atoms with Crippen LogP contribution in [0.1, 0.15) is 17.5 Å². The van der Waals surface area contributed by atoms with E-state index in [0.29, 0.717) is 6.42 Å². The Morgan fingerprint density at radius 3 is 3.07 bits per heavy atom. The van der Waals surface area contributed by atoms with Gasteiger partial charge in [-0.3, -0.25) is 0 Å². The molecule has 80 valence electrons. The fourth-order valence-corrected chi connectivity index (χ4v) is 1.81. The summed E-state index contributed by atoms with van der Waals surface area (Å²) in [6, 6.07) is 6.00. The third-order valence-corrected chi connectivity index (χ3v) is 2.63. The van der Waals surface area contributed by atoms with Gasteiger partial charge in [0.2, 0.25) is 0 Å². The van der Waals surface area contributed by atoms with Crippen molar-refractivity contribution in [2.75, 3.05) is 7.11 Å². The SMILES string of the molecule is COC(=O)C1CCc2cc(C)ccc2O1. The Hall–Kier alpha value is -1.51. The van der Waals surface area contributed by atoms with Crippen LogP contribution in [0.5, 0.6) is 5.75 Å². The number of carbonyl (C=O) groups excluding carboxylic acids is 1. The van der Waals surface area contributed by atoms with E-state index in [0.717, 1.165) is 12.2 Å². The van der Waals surface area contributed by atoms with E-state index in [4.69, 9.17) is 4.74 Å². The predicted molar refractivity (Wildman–Crippen MR) is 55.9 cm³/mol. The van der Waals surface area contributed by atoms with Crippen LogP contribution in [0.25, 0.3) is 0 Å². The number of hydrogen-bond acceptors (Lipinski definition) is 3. The van der Waals surface area contributed by atoms with Crippen LogP contribution in [0.15, 0.2) is 18.2 Å². The van der Waals surface area contributed by atoms with Crippen molar-refractivity contribution in [3.8, 4) is 5.75 Å². The van der Waals surface area contributed by atoms with Gasteiger partial charge in [-0.1, -0.05) is 17.7 Å². The first-order valence-electron chi connectivity index (χ1n) is 5.04. The average Bonchev–Trinajstić information content (AvgIpc) is 2.27. The molecular weight excluding hydrogens is 192 g/mol. The van der Waals surface area contributed by atoms with E-state index in [9.17, 15) is 4.79 Å². The minimum atomic E-state index is -0.440. The molecule has 1 aromatic rings. The zero-order valence-electron chi connectivity index (χ0n) is 8.95. The Labute approximate surface area is 89.0 Å². The number of rotatable bonds is 1. The van der Waals surface area contributed by atoms with Crippen molar-refractivity contribution in [1.82, 2.24) is 0 Å². The van der Waals surface area contributed by atoms with Crippen molar-refractivity contribution in [2.45, 2.75) is 25.9 Å². The summed E-state index contributed by atoms with van der Waals surface area (Å²) in [6.45, 7) is 2.05. The number of aryl methyl sites for hydroxylation is 2.